The maximum atomic E-state index is 12.6. The van der Waals surface area contributed by atoms with Gasteiger partial charge in [-0.1, -0.05) is 30.3 Å². The van der Waals surface area contributed by atoms with Gasteiger partial charge in [0.15, 0.2) is 0 Å². The van der Waals surface area contributed by atoms with Gasteiger partial charge in [0, 0.05) is 19.5 Å². The smallest absolute Gasteiger partial charge is 0.250 e. The number of nitrogens with one attached hydrogen (secondary N) is 1. The van der Waals surface area contributed by atoms with Crippen LogP contribution in [0, 0.1) is 6.92 Å². The highest BCUT2D eigenvalue weighted by molar-refractivity contribution is 7.91. The van der Waals surface area contributed by atoms with Crippen LogP contribution in [-0.2, 0) is 14.8 Å². The fourth-order valence-electron chi connectivity index (χ4n) is 3.27. The first-order chi connectivity index (χ1) is 12.0. The molecule has 0 radical (unpaired) electrons. The molecule has 5 nitrogen and oxygen atoms in total. The molecular weight excluding hydrogens is 356 g/mol. The highest BCUT2D eigenvalue weighted by Crippen LogP contribution is 2.33. The number of nitrogens with zero attached hydrogens (tertiary/aromatic N) is 1. The zero-order valence-corrected chi connectivity index (χ0v) is 15.8. The van der Waals surface area contributed by atoms with Gasteiger partial charge in [0.05, 0.1) is 6.04 Å². The lowest BCUT2D eigenvalue weighted by atomic mass is 9.99. The van der Waals surface area contributed by atoms with Gasteiger partial charge in [-0.25, -0.2) is 13.1 Å². The number of benzene rings is 1. The highest BCUT2D eigenvalue weighted by atomic mass is 32.2. The molecule has 0 bridgehead atoms. The normalized spacial score (nSPS) is 17.8. The third-order valence-corrected chi connectivity index (χ3v) is 7.37. The van der Waals surface area contributed by atoms with Crippen molar-refractivity contribution in [2.75, 3.05) is 13.1 Å². The van der Waals surface area contributed by atoms with Crippen LogP contribution in [0.3, 0.4) is 0 Å². The Morgan fingerprint density at radius 3 is 2.80 bits per heavy atom. The van der Waals surface area contributed by atoms with Crippen LogP contribution in [0.4, 0.5) is 0 Å². The number of thiophene rings is 1. The number of hydrogen-bond acceptors (Lipinski definition) is 4. The van der Waals surface area contributed by atoms with Gasteiger partial charge < -0.3 is 4.90 Å². The molecule has 1 atom stereocenters. The van der Waals surface area contributed by atoms with Crippen molar-refractivity contribution in [3.05, 3.63) is 52.9 Å². The zero-order valence-electron chi connectivity index (χ0n) is 14.1. The molecule has 0 spiro atoms. The van der Waals surface area contributed by atoms with Crippen molar-refractivity contribution < 1.29 is 13.2 Å². The van der Waals surface area contributed by atoms with Gasteiger partial charge in [0.1, 0.15) is 4.21 Å². The molecule has 1 aliphatic rings. The molecule has 0 saturated carbocycles. The molecule has 1 N–H and O–H groups in total. The number of aryl methyl sites for hydroxylation is 1. The highest BCUT2D eigenvalue weighted by Gasteiger charge is 2.30. The van der Waals surface area contributed by atoms with Gasteiger partial charge in [-0.15, -0.1) is 11.3 Å². The maximum Gasteiger partial charge on any atom is 0.250 e. The molecule has 1 aromatic heterocycles. The van der Waals surface area contributed by atoms with E-state index in [2.05, 4.69) is 23.8 Å². The molecule has 1 fully saturated rings. The van der Waals surface area contributed by atoms with E-state index < -0.39 is 10.0 Å². The largest absolute Gasteiger partial charge is 0.336 e. The maximum absolute atomic E-state index is 12.6. The van der Waals surface area contributed by atoms with Crippen LogP contribution in [0.25, 0.3) is 0 Å². The van der Waals surface area contributed by atoms with Crippen LogP contribution in [0.15, 0.2) is 46.0 Å². The summed E-state index contributed by atoms with van der Waals surface area (Å²) in [5, 5.41) is 1.72. The van der Waals surface area contributed by atoms with E-state index in [1.165, 1.54) is 22.5 Å². The number of carbonyl (C=O) groups is 1. The minimum absolute atomic E-state index is 0.000340. The first-order valence-electron chi connectivity index (χ1n) is 8.37. The van der Waals surface area contributed by atoms with E-state index in [0.717, 1.165) is 19.4 Å². The molecule has 1 aromatic carbocycles. The van der Waals surface area contributed by atoms with Crippen LogP contribution < -0.4 is 4.72 Å². The second-order valence-electron chi connectivity index (χ2n) is 6.18. The van der Waals surface area contributed by atoms with E-state index >= 15 is 0 Å². The Bertz CT molecular complexity index is 832. The first-order valence-corrected chi connectivity index (χ1v) is 10.7. The minimum Gasteiger partial charge on any atom is -0.336 e. The van der Waals surface area contributed by atoms with E-state index in [-0.39, 0.29) is 29.1 Å². The summed E-state index contributed by atoms with van der Waals surface area (Å²) in [7, 11) is -3.51. The molecule has 1 amide bonds. The first kappa shape index (κ1) is 18.1. The number of hydrogen-bond donors (Lipinski definition) is 1. The van der Waals surface area contributed by atoms with Crippen molar-refractivity contribution in [1.82, 2.24) is 9.62 Å². The van der Waals surface area contributed by atoms with Gasteiger partial charge in [-0.05, 0) is 42.3 Å². The zero-order chi connectivity index (χ0) is 17.9. The number of amides is 1. The number of rotatable bonds is 6. The second kappa shape index (κ2) is 7.68. The predicted octanol–water partition coefficient (Wildman–Crippen LogP) is 3.09. The molecule has 3 rings (SSSR count). The second-order valence-corrected chi connectivity index (χ2v) is 9.12. The Kier molecular flexibility index (Phi) is 5.56. The molecule has 2 heterocycles. The molecule has 0 unspecified atom stereocenters. The lowest BCUT2D eigenvalue weighted by Crippen LogP contribution is -2.34. The average molecular weight is 379 g/mol. The third-order valence-electron chi connectivity index (χ3n) is 4.51. The molecule has 0 aliphatic carbocycles. The molecule has 134 valence electrons. The number of sulfonamides is 1. The lowest BCUT2D eigenvalue weighted by molar-refractivity contribution is -0.131. The van der Waals surface area contributed by atoms with Gasteiger partial charge in [0.2, 0.25) is 15.9 Å². The van der Waals surface area contributed by atoms with E-state index in [0.29, 0.717) is 0 Å². The topological polar surface area (TPSA) is 66.5 Å². The fourth-order valence-corrected chi connectivity index (χ4v) is 5.34. The predicted molar refractivity (Wildman–Crippen MR) is 99.0 cm³/mol. The summed E-state index contributed by atoms with van der Waals surface area (Å²) in [4.78, 5) is 14.5. The summed E-state index contributed by atoms with van der Waals surface area (Å²) in [6, 6.07) is 11.5. The lowest BCUT2D eigenvalue weighted by Gasteiger charge is -2.26. The molecule has 1 aliphatic heterocycles. The van der Waals surface area contributed by atoms with E-state index in [1.807, 2.05) is 17.0 Å². The summed E-state index contributed by atoms with van der Waals surface area (Å²) in [5.74, 6) is -0.000340. The summed E-state index contributed by atoms with van der Waals surface area (Å²) in [5.41, 5.74) is 2.37. The Balaban J connectivity index is 1.60. The third kappa shape index (κ3) is 4.11. The summed E-state index contributed by atoms with van der Waals surface area (Å²) in [6.07, 6.45) is 2.11. The van der Waals surface area contributed by atoms with Gasteiger partial charge in [-0.3, -0.25) is 4.79 Å². The number of carbonyl (C=O) groups excluding carboxylic acids is 1. The van der Waals surface area contributed by atoms with E-state index in [9.17, 15) is 13.2 Å². The Labute approximate surface area is 152 Å². The van der Waals surface area contributed by atoms with Crippen LogP contribution in [0.2, 0.25) is 0 Å². The van der Waals surface area contributed by atoms with E-state index in [1.54, 1.807) is 17.5 Å². The molecule has 25 heavy (non-hydrogen) atoms. The Morgan fingerprint density at radius 1 is 1.28 bits per heavy atom. The standard InChI is InChI=1S/C18H22N2O3S2/c1-14-6-2-3-7-15(14)16-8-4-12-20(16)17(21)10-11-19-25(22,23)18-9-5-13-24-18/h2-3,5-7,9,13,16,19H,4,8,10-12H2,1H3/t16-/m0/s1. The molecule has 2 aromatic rings. The van der Waals surface area contributed by atoms with Crippen LogP contribution in [0.5, 0.6) is 0 Å². The molecule has 7 heteroatoms. The van der Waals surface area contributed by atoms with Gasteiger partial charge in [0.25, 0.3) is 0 Å². The molecular formula is C18H22N2O3S2. The Morgan fingerprint density at radius 2 is 2.08 bits per heavy atom. The van der Waals surface area contributed by atoms with Crippen molar-refractivity contribution in [1.29, 1.82) is 0 Å². The summed E-state index contributed by atoms with van der Waals surface area (Å²) < 4.78 is 27.0. The van der Waals surface area contributed by atoms with Crippen molar-refractivity contribution in [2.45, 2.75) is 36.4 Å². The van der Waals surface area contributed by atoms with E-state index in [4.69, 9.17) is 0 Å². The van der Waals surface area contributed by atoms with Crippen molar-refractivity contribution >= 4 is 27.3 Å². The number of likely N-dealkylation sites (tertiary alicyclic amines) is 1. The molecule has 1 saturated heterocycles. The average Bonchev–Trinajstić information content (AvgIpc) is 3.27. The summed E-state index contributed by atoms with van der Waals surface area (Å²) in [6.45, 7) is 2.91. The van der Waals surface area contributed by atoms with Crippen molar-refractivity contribution in [3.8, 4) is 0 Å². The fraction of sp³-hybridized carbons (Fsp3) is 0.389. The van der Waals surface area contributed by atoms with Gasteiger partial charge >= 0.3 is 0 Å². The van der Waals surface area contributed by atoms with Crippen LogP contribution in [0.1, 0.15) is 36.4 Å². The monoisotopic (exact) mass is 378 g/mol. The quantitative estimate of drug-likeness (QED) is 0.840. The van der Waals surface area contributed by atoms with Crippen molar-refractivity contribution in [3.63, 3.8) is 0 Å². The van der Waals surface area contributed by atoms with Crippen LogP contribution >= 0.6 is 11.3 Å². The Hall–Kier alpha value is -1.70. The van der Waals surface area contributed by atoms with Crippen molar-refractivity contribution in [2.24, 2.45) is 0 Å². The minimum atomic E-state index is -3.51. The van der Waals surface area contributed by atoms with Crippen LogP contribution in [-0.4, -0.2) is 32.3 Å². The summed E-state index contributed by atoms with van der Waals surface area (Å²) >= 11 is 1.17. The van der Waals surface area contributed by atoms with Gasteiger partial charge in [-0.2, -0.15) is 0 Å². The SMILES string of the molecule is Cc1ccccc1[C@@H]1CCCN1C(=O)CCNS(=O)(=O)c1cccs1.